The number of aryl methyl sites for hydroxylation is 3. The lowest BCUT2D eigenvalue weighted by Crippen LogP contribution is -2.36. The Morgan fingerprint density at radius 3 is 2.32 bits per heavy atom. The number of rotatable bonds is 6. The van der Waals surface area contributed by atoms with Gasteiger partial charge in [0.1, 0.15) is 17.6 Å². The maximum atomic E-state index is 12.8. The van der Waals surface area contributed by atoms with Gasteiger partial charge >= 0.3 is 0 Å². The number of aromatic nitrogens is 4. The summed E-state index contributed by atoms with van der Waals surface area (Å²) in [5, 5.41) is 7.05. The minimum Gasteiger partial charge on any atom is -0.497 e. The van der Waals surface area contributed by atoms with Gasteiger partial charge in [-0.15, -0.1) is 0 Å². The number of Topliss-reactive ketones (excluding diaryl/α,β-unsaturated/α-hetero) is 1. The first-order chi connectivity index (χ1) is 13.3. The summed E-state index contributed by atoms with van der Waals surface area (Å²) >= 11 is 0. The number of hydrogen-bond acceptors (Lipinski definition) is 5. The van der Waals surface area contributed by atoms with Gasteiger partial charge in [-0.1, -0.05) is 12.1 Å². The summed E-state index contributed by atoms with van der Waals surface area (Å²) in [6.45, 7) is 3.48. The smallest absolute Gasteiger partial charge is 0.293 e. The summed E-state index contributed by atoms with van der Waals surface area (Å²) in [5.74, 6) is -0.00357. The van der Waals surface area contributed by atoms with Crippen molar-refractivity contribution in [3.05, 3.63) is 65.0 Å². The Balaban J connectivity index is 1.94. The molecule has 0 bridgehead atoms. The Labute approximate surface area is 163 Å². The van der Waals surface area contributed by atoms with E-state index < -0.39 is 17.7 Å². The molecule has 3 rings (SSSR count). The van der Waals surface area contributed by atoms with Crippen LogP contribution < -0.4 is 10.1 Å². The minimum atomic E-state index is -0.706. The number of amides is 1. The Hall–Kier alpha value is -3.42. The molecule has 0 aliphatic rings. The first-order valence-corrected chi connectivity index (χ1v) is 8.80. The van der Waals surface area contributed by atoms with Crippen molar-refractivity contribution in [2.45, 2.75) is 19.9 Å². The number of nitrogens with zero attached hydrogens (tertiary/aromatic N) is 4. The molecule has 1 atom stereocenters. The number of carbonyl (C=O) groups is 2. The monoisotopic (exact) mass is 381 g/mol. The Morgan fingerprint density at radius 2 is 1.82 bits per heavy atom. The third kappa shape index (κ3) is 3.53. The van der Waals surface area contributed by atoms with E-state index in [0.29, 0.717) is 28.5 Å². The van der Waals surface area contributed by atoms with Gasteiger partial charge in [0.15, 0.2) is 0 Å². The summed E-state index contributed by atoms with van der Waals surface area (Å²) in [4.78, 5) is 30.0. The largest absolute Gasteiger partial charge is 0.497 e. The summed E-state index contributed by atoms with van der Waals surface area (Å²) in [5.41, 5.74) is 2.29. The van der Waals surface area contributed by atoms with Gasteiger partial charge in [-0.25, -0.2) is 4.98 Å². The lowest BCUT2D eigenvalue weighted by molar-refractivity contribution is -0.117. The van der Waals surface area contributed by atoms with Crippen molar-refractivity contribution in [1.82, 2.24) is 24.6 Å². The highest BCUT2D eigenvalue weighted by atomic mass is 16.5. The second-order valence-electron chi connectivity index (χ2n) is 6.57. The highest BCUT2D eigenvalue weighted by molar-refractivity contribution is 6.43. The van der Waals surface area contributed by atoms with Crippen LogP contribution in [0.15, 0.2) is 36.7 Å². The van der Waals surface area contributed by atoms with Gasteiger partial charge in [0, 0.05) is 32.2 Å². The zero-order valence-electron chi connectivity index (χ0n) is 16.6. The molecule has 1 amide bonds. The van der Waals surface area contributed by atoms with Crippen LogP contribution in [0.3, 0.4) is 0 Å². The molecule has 1 unspecified atom stereocenters. The number of hydrogen-bond donors (Lipinski definition) is 1. The summed E-state index contributed by atoms with van der Waals surface area (Å²) in [6, 6.07) is 6.69. The fourth-order valence-corrected chi connectivity index (χ4v) is 3.16. The van der Waals surface area contributed by atoms with Gasteiger partial charge in [0.05, 0.1) is 18.4 Å². The van der Waals surface area contributed by atoms with Gasteiger partial charge < -0.3 is 14.6 Å². The van der Waals surface area contributed by atoms with Crippen molar-refractivity contribution in [1.29, 1.82) is 0 Å². The van der Waals surface area contributed by atoms with Crippen LogP contribution in [0.4, 0.5) is 0 Å². The first kappa shape index (κ1) is 19.3. The molecule has 0 fully saturated rings. The fourth-order valence-electron chi connectivity index (χ4n) is 3.16. The number of ketones is 1. The zero-order chi connectivity index (χ0) is 20.4. The number of ether oxygens (including phenoxy) is 1. The summed E-state index contributed by atoms with van der Waals surface area (Å²) < 4.78 is 8.60. The third-order valence-corrected chi connectivity index (χ3v) is 4.78. The van der Waals surface area contributed by atoms with E-state index in [1.807, 2.05) is 19.2 Å². The van der Waals surface area contributed by atoms with Crippen LogP contribution in [0.1, 0.15) is 39.2 Å². The molecule has 2 heterocycles. The van der Waals surface area contributed by atoms with Gasteiger partial charge in [-0.05, 0) is 31.5 Å². The average Bonchev–Trinajstić information content (AvgIpc) is 3.21. The second-order valence-corrected chi connectivity index (χ2v) is 6.57. The van der Waals surface area contributed by atoms with Crippen LogP contribution in [-0.4, -0.2) is 38.1 Å². The molecule has 0 aliphatic carbocycles. The standard InChI is InChI=1S/C20H23N5O3/c1-12-16(13(2)25(4)23-12)18(26)20(27)22-17(19-21-10-11-24(19)3)14-6-8-15(28-5)9-7-14/h6-11,17H,1-5H3,(H,22,27). The molecule has 0 aliphatic heterocycles. The van der Waals surface area contributed by atoms with E-state index in [-0.39, 0.29) is 0 Å². The van der Waals surface area contributed by atoms with Crippen LogP contribution in [0, 0.1) is 13.8 Å². The van der Waals surface area contributed by atoms with Crippen LogP contribution in [0.25, 0.3) is 0 Å². The lowest BCUT2D eigenvalue weighted by atomic mass is 10.0. The number of nitrogens with one attached hydrogen (secondary N) is 1. The van der Waals surface area contributed by atoms with Crippen LogP contribution in [0.2, 0.25) is 0 Å². The van der Waals surface area contributed by atoms with Crippen molar-refractivity contribution in [2.75, 3.05) is 7.11 Å². The average molecular weight is 381 g/mol. The van der Waals surface area contributed by atoms with E-state index in [1.165, 1.54) is 0 Å². The van der Waals surface area contributed by atoms with E-state index in [9.17, 15) is 9.59 Å². The van der Waals surface area contributed by atoms with Crippen molar-refractivity contribution in [3.8, 4) is 5.75 Å². The van der Waals surface area contributed by atoms with Gasteiger partial charge in [-0.3, -0.25) is 14.3 Å². The molecule has 8 nitrogen and oxygen atoms in total. The summed E-state index contributed by atoms with van der Waals surface area (Å²) in [7, 11) is 5.16. The van der Waals surface area contributed by atoms with Crippen molar-refractivity contribution in [3.63, 3.8) is 0 Å². The Kier molecular flexibility index (Phi) is 5.30. The van der Waals surface area contributed by atoms with E-state index in [1.54, 1.807) is 61.8 Å². The van der Waals surface area contributed by atoms with Crippen molar-refractivity contribution >= 4 is 11.7 Å². The maximum absolute atomic E-state index is 12.8. The molecule has 28 heavy (non-hydrogen) atoms. The highest BCUT2D eigenvalue weighted by Crippen LogP contribution is 2.23. The number of imidazole rings is 1. The van der Waals surface area contributed by atoms with E-state index >= 15 is 0 Å². The molecular formula is C20H23N5O3. The van der Waals surface area contributed by atoms with Crippen LogP contribution in [-0.2, 0) is 18.9 Å². The first-order valence-electron chi connectivity index (χ1n) is 8.80. The van der Waals surface area contributed by atoms with Gasteiger partial charge in [0.25, 0.3) is 11.7 Å². The molecular weight excluding hydrogens is 358 g/mol. The molecule has 0 spiro atoms. The predicted octanol–water partition coefficient (Wildman–Crippen LogP) is 1.87. The Morgan fingerprint density at radius 1 is 1.14 bits per heavy atom. The summed E-state index contributed by atoms with van der Waals surface area (Å²) in [6.07, 6.45) is 3.44. The van der Waals surface area contributed by atoms with Crippen LogP contribution in [0.5, 0.6) is 5.75 Å². The van der Waals surface area contributed by atoms with E-state index in [0.717, 1.165) is 5.56 Å². The van der Waals surface area contributed by atoms with Crippen LogP contribution >= 0.6 is 0 Å². The molecule has 8 heteroatoms. The third-order valence-electron chi connectivity index (χ3n) is 4.78. The second kappa shape index (κ2) is 7.67. The maximum Gasteiger partial charge on any atom is 0.293 e. The predicted molar refractivity (Wildman–Crippen MR) is 103 cm³/mol. The van der Waals surface area contributed by atoms with Gasteiger partial charge in [0.2, 0.25) is 0 Å². The highest BCUT2D eigenvalue weighted by Gasteiger charge is 2.28. The molecule has 0 saturated heterocycles. The zero-order valence-corrected chi connectivity index (χ0v) is 16.6. The number of carbonyl (C=O) groups excluding carboxylic acids is 2. The number of benzene rings is 1. The molecule has 1 N–H and O–H groups in total. The van der Waals surface area contributed by atoms with E-state index in [2.05, 4.69) is 15.4 Å². The quantitative estimate of drug-likeness (QED) is 0.520. The van der Waals surface area contributed by atoms with Gasteiger partial charge in [-0.2, -0.15) is 5.10 Å². The molecule has 0 saturated carbocycles. The minimum absolute atomic E-state index is 0.327. The molecule has 146 valence electrons. The molecule has 3 aromatic rings. The van der Waals surface area contributed by atoms with Crippen molar-refractivity contribution in [2.24, 2.45) is 14.1 Å². The lowest BCUT2D eigenvalue weighted by Gasteiger charge is -2.19. The molecule has 0 radical (unpaired) electrons. The molecule has 1 aromatic carbocycles. The Bertz CT molecular complexity index is 1020. The normalized spacial score (nSPS) is 11.9. The fraction of sp³-hybridized carbons (Fsp3) is 0.300. The van der Waals surface area contributed by atoms with E-state index in [4.69, 9.17) is 4.74 Å². The number of methoxy groups -OCH3 is 1. The SMILES string of the molecule is COc1ccc(C(NC(=O)C(=O)c2c(C)nn(C)c2C)c2nccn2C)cc1. The molecule has 2 aromatic heterocycles. The van der Waals surface area contributed by atoms with Crippen molar-refractivity contribution < 1.29 is 14.3 Å². The topological polar surface area (TPSA) is 91.0 Å².